The highest BCUT2D eigenvalue weighted by Gasteiger charge is 2.53. The van der Waals surface area contributed by atoms with Crippen molar-refractivity contribution >= 4 is 10.0 Å². The first-order valence-corrected chi connectivity index (χ1v) is 9.17. The highest BCUT2D eigenvalue weighted by Crippen LogP contribution is 2.60. The predicted octanol–water partition coefficient (Wildman–Crippen LogP) is 1.38. The summed E-state index contributed by atoms with van der Waals surface area (Å²) in [6.45, 7) is 5.12. The largest absolute Gasteiger partial charge is 0.310 e. The molecule has 118 valence electrons. The molecule has 2 fully saturated rings. The van der Waals surface area contributed by atoms with Gasteiger partial charge in [-0.05, 0) is 37.0 Å². The molecule has 7 heteroatoms. The Hall–Kier alpha value is -0.920. The van der Waals surface area contributed by atoms with Gasteiger partial charge in [0.15, 0.2) is 5.03 Å². The van der Waals surface area contributed by atoms with Gasteiger partial charge in [-0.1, -0.05) is 13.8 Å². The van der Waals surface area contributed by atoms with Crippen molar-refractivity contribution in [3.8, 4) is 0 Å². The van der Waals surface area contributed by atoms with Crippen LogP contribution in [0.3, 0.4) is 0 Å². The van der Waals surface area contributed by atoms with E-state index in [9.17, 15) is 8.42 Å². The molecular weight excluding hydrogens is 288 g/mol. The fourth-order valence-electron chi connectivity index (χ4n) is 2.87. The number of aromatic amines is 1. The minimum Gasteiger partial charge on any atom is -0.310 e. The first-order chi connectivity index (χ1) is 9.93. The summed E-state index contributed by atoms with van der Waals surface area (Å²) < 4.78 is 27.7. The van der Waals surface area contributed by atoms with E-state index in [0.29, 0.717) is 24.7 Å². The van der Waals surface area contributed by atoms with Crippen molar-refractivity contribution in [3.05, 3.63) is 11.8 Å². The summed E-state index contributed by atoms with van der Waals surface area (Å²) in [4.78, 5) is 0. The molecule has 0 atom stereocenters. The van der Waals surface area contributed by atoms with Gasteiger partial charge in [0, 0.05) is 24.7 Å². The Morgan fingerprint density at radius 1 is 1.43 bits per heavy atom. The van der Waals surface area contributed by atoms with E-state index in [-0.39, 0.29) is 10.4 Å². The number of nitrogens with one attached hydrogen (secondary N) is 3. The topological polar surface area (TPSA) is 86.9 Å². The Bertz CT molecular complexity index is 600. The van der Waals surface area contributed by atoms with Crippen LogP contribution in [0, 0.1) is 11.3 Å². The molecule has 0 saturated heterocycles. The van der Waals surface area contributed by atoms with Gasteiger partial charge in [-0.2, -0.15) is 5.10 Å². The lowest BCUT2D eigenvalue weighted by Gasteiger charge is -2.15. The molecule has 3 rings (SSSR count). The molecule has 2 saturated carbocycles. The number of nitrogens with zero attached hydrogens (tertiary/aromatic N) is 1. The zero-order valence-corrected chi connectivity index (χ0v) is 13.5. The van der Waals surface area contributed by atoms with Gasteiger partial charge in [-0.25, -0.2) is 13.1 Å². The Morgan fingerprint density at radius 3 is 2.71 bits per heavy atom. The number of sulfonamides is 1. The van der Waals surface area contributed by atoms with Crippen molar-refractivity contribution in [3.63, 3.8) is 0 Å². The van der Waals surface area contributed by atoms with Crippen LogP contribution in [0.15, 0.2) is 11.2 Å². The monoisotopic (exact) mass is 312 g/mol. The Morgan fingerprint density at radius 2 is 2.14 bits per heavy atom. The SMILES string of the molecule is CC(C)NCc1cn[nH]c1S(=O)(=O)NCC1(C2CC2)CC1. The van der Waals surface area contributed by atoms with Crippen LogP contribution in [-0.2, 0) is 16.6 Å². The van der Waals surface area contributed by atoms with Gasteiger partial charge in [0.2, 0.25) is 0 Å². The van der Waals surface area contributed by atoms with Gasteiger partial charge in [-0.15, -0.1) is 0 Å². The molecule has 1 aromatic rings. The minimum absolute atomic E-state index is 0.197. The first-order valence-electron chi connectivity index (χ1n) is 7.68. The van der Waals surface area contributed by atoms with E-state index in [2.05, 4.69) is 20.2 Å². The maximum Gasteiger partial charge on any atom is 0.257 e. The van der Waals surface area contributed by atoms with Crippen LogP contribution in [0.4, 0.5) is 0 Å². The smallest absolute Gasteiger partial charge is 0.257 e. The van der Waals surface area contributed by atoms with E-state index in [1.54, 1.807) is 6.20 Å². The molecule has 0 radical (unpaired) electrons. The molecule has 0 aliphatic heterocycles. The molecule has 0 unspecified atom stereocenters. The van der Waals surface area contributed by atoms with Crippen LogP contribution in [0.5, 0.6) is 0 Å². The predicted molar refractivity (Wildman–Crippen MR) is 80.1 cm³/mol. The number of aromatic nitrogens is 2. The fourth-order valence-corrected chi connectivity index (χ4v) is 4.13. The quantitative estimate of drug-likeness (QED) is 0.677. The summed E-state index contributed by atoms with van der Waals surface area (Å²) in [6.07, 6.45) is 6.41. The van der Waals surface area contributed by atoms with Crippen molar-refractivity contribution in [2.24, 2.45) is 11.3 Å². The third-order valence-electron chi connectivity index (χ3n) is 4.60. The zero-order valence-electron chi connectivity index (χ0n) is 12.6. The van der Waals surface area contributed by atoms with Crippen LogP contribution < -0.4 is 10.0 Å². The first kappa shape index (κ1) is 15.0. The van der Waals surface area contributed by atoms with E-state index in [1.165, 1.54) is 12.8 Å². The average Bonchev–Trinajstić information content (AvgIpc) is 3.31. The van der Waals surface area contributed by atoms with Crippen molar-refractivity contribution < 1.29 is 8.42 Å². The molecule has 2 aliphatic carbocycles. The summed E-state index contributed by atoms with van der Waals surface area (Å²) in [7, 11) is -3.50. The summed E-state index contributed by atoms with van der Waals surface area (Å²) in [6, 6.07) is 0.299. The Labute approximate surface area is 126 Å². The van der Waals surface area contributed by atoms with Gasteiger partial charge in [-0.3, -0.25) is 5.10 Å². The second kappa shape index (κ2) is 5.37. The van der Waals surface area contributed by atoms with Crippen molar-refractivity contribution in [1.82, 2.24) is 20.2 Å². The van der Waals surface area contributed by atoms with Crippen molar-refractivity contribution in [2.75, 3.05) is 6.54 Å². The van der Waals surface area contributed by atoms with Gasteiger partial charge in [0.25, 0.3) is 10.0 Å². The highest BCUT2D eigenvalue weighted by molar-refractivity contribution is 7.89. The lowest BCUT2D eigenvalue weighted by atomic mass is 10.0. The van der Waals surface area contributed by atoms with Crippen molar-refractivity contribution in [1.29, 1.82) is 0 Å². The summed E-state index contributed by atoms with van der Waals surface area (Å²) >= 11 is 0. The zero-order chi connectivity index (χ0) is 15.1. The number of H-pyrrole nitrogens is 1. The van der Waals surface area contributed by atoms with Crippen LogP contribution in [0.2, 0.25) is 0 Å². The third kappa shape index (κ3) is 3.30. The fraction of sp³-hybridized carbons (Fsp3) is 0.786. The van der Waals surface area contributed by atoms with E-state index in [4.69, 9.17) is 0 Å². The summed E-state index contributed by atoms with van der Waals surface area (Å²) in [5.41, 5.74) is 0.941. The lowest BCUT2D eigenvalue weighted by Crippen LogP contribution is -2.32. The van der Waals surface area contributed by atoms with E-state index in [1.807, 2.05) is 13.8 Å². The molecule has 0 aromatic carbocycles. The van der Waals surface area contributed by atoms with Crippen molar-refractivity contribution in [2.45, 2.75) is 57.1 Å². The van der Waals surface area contributed by atoms with Crippen LogP contribution >= 0.6 is 0 Å². The molecule has 2 aliphatic rings. The standard InChI is InChI=1S/C14H24N4O2S/c1-10(2)15-7-11-8-16-18-13(11)21(19,20)17-9-14(5-6-14)12-3-4-12/h8,10,12,15,17H,3-7,9H2,1-2H3,(H,16,18). The molecule has 0 bridgehead atoms. The molecule has 0 spiro atoms. The minimum atomic E-state index is -3.50. The molecule has 3 N–H and O–H groups in total. The average molecular weight is 312 g/mol. The molecule has 1 aromatic heterocycles. The van der Waals surface area contributed by atoms with E-state index in [0.717, 1.165) is 18.8 Å². The number of hydrogen-bond donors (Lipinski definition) is 3. The molecule has 6 nitrogen and oxygen atoms in total. The third-order valence-corrected chi connectivity index (χ3v) is 6.01. The second-order valence-corrected chi connectivity index (χ2v) is 8.42. The maximum absolute atomic E-state index is 12.5. The van der Waals surface area contributed by atoms with Gasteiger partial charge in [0.05, 0.1) is 6.20 Å². The molecule has 21 heavy (non-hydrogen) atoms. The highest BCUT2D eigenvalue weighted by atomic mass is 32.2. The Balaban J connectivity index is 1.65. The molecule has 1 heterocycles. The summed E-state index contributed by atoms with van der Waals surface area (Å²) in [5.74, 6) is 0.740. The summed E-state index contributed by atoms with van der Waals surface area (Å²) in [5, 5.41) is 9.94. The van der Waals surface area contributed by atoms with Crippen LogP contribution in [-0.4, -0.2) is 31.2 Å². The normalized spacial score (nSPS) is 20.9. The Kier molecular flexibility index (Phi) is 3.83. The second-order valence-electron chi connectivity index (χ2n) is 6.72. The lowest BCUT2D eigenvalue weighted by molar-refractivity contribution is 0.431. The van der Waals surface area contributed by atoms with Gasteiger partial charge < -0.3 is 5.32 Å². The van der Waals surface area contributed by atoms with E-state index < -0.39 is 10.0 Å². The number of hydrogen-bond acceptors (Lipinski definition) is 4. The van der Waals surface area contributed by atoms with E-state index >= 15 is 0 Å². The van der Waals surface area contributed by atoms with Gasteiger partial charge >= 0.3 is 0 Å². The van der Waals surface area contributed by atoms with Crippen LogP contribution in [0.1, 0.15) is 45.1 Å². The number of rotatable bonds is 8. The molecular formula is C14H24N4O2S. The maximum atomic E-state index is 12.5. The molecule has 0 amide bonds. The van der Waals surface area contributed by atoms with Crippen LogP contribution in [0.25, 0.3) is 0 Å². The van der Waals surface area contributed by atoms with Gasteiger partial charge in [0.1, 0.15) is 0 Å².